The van der Waals surface area contributed by atoms with Crippen LogP contribution in [0.5, 0.6) is 0 Å². The maximum atomic E-state index is 12.9. The Balaban J connectivity index is 2.04. The van der Waals surface area contributed by atoms with Crippen LogP contribution in [0.25, 0.3) is 0 Å². The third-order valence-electron chi connectivity index (χ3n) is 2.48. The van der Waals surface area contributed by atoms with Gasteiger partial charge in [0.1, 0.15) is 17.4 Å². The van der Waals surface area contributed by atoms with Gasteiger partial charge in [-0.05, 0) is 30.7 Å². The largest absolute Gasteiger partial charge is 0.469 e. The van der Waals surface area contributed by atoms with Crippen LogP contribution in [0, 0.1) is 18.6 Å². The molecule has 0 bridgehead atoms. The first-order chi connectivity index (χ1) is 8.56. The second-order valence-corrected chi connectivity index (χ2v) is 3.85. The first-order valence-electron chi connectivity index (χ1n) is 5.33. The Labute approximate surface area is 102 Å². The lowest BCUT2D eigenvalue weighted by molar-refractivity contribution is 0.0949. The average Bonchev–Trinajstić information content (AvgIpc) is 2.71. The van der Waals surface area contributed by atoms with Gasteiger partial charge in [0.2, 0.25) is 0 Å². The number of hydrogen-bond acceptors (Lipinski definition) is 2. The highest BCUT2D eigenvalue weighted by atomic mass is 19.1. The van der Waals surface area contributed by atoms with E-state index in [4.69, 9.17) is 4.42 Å². The Hall–Kier alpha value is -2.17. The number of furan rings is 1. The van der Waals surface area contributed by atoms with Crippen molar-refractivity contribution < 1.29 is 18.0 Å². The van der Waals surface area contributed by atoms with E-state index in [2.05, 4.69) is 5.32 Å². The minimum atomic E-state index is -0.668. The SMILES string of the molecule is Cc1occc1C(=O)NCc1cc(F)cc(F)c1. The monoisotopic (exact) mass is 251 g/mol. The van der Waals surface area contributed by atoms with Crippen LogP contribution in [0.1, 0.15) is 21.7 Å². The smallest absolute Gasteiger partial charge is 0.255 e. The first-order valence-corrected chi connectivity index (χ1v) is 5.33. The number of benzene rings is 1. The van der Waals surface area contributed by atoms with E-state index in [1.165, 1.54) is 24.5 Å². The highest BCUT2D eigenvalue weighted by molar-refractivity contribution is 5.94. The molecule has 0 saturated heterocycles. The molecule has 2 aromatic rings. The predicted octanol–water partition coefficient (Wildman–Crippen LogP) is 2.80. The van der Waals surface area contributed by atoms with Gasteiger partial charge in [0.25, 0.3) is 5.91 Å². The van der Waals surface area contributed by atoms with Crippen molar-refractivity contribution in [1.82, 2.24) is 5.32 Å². The topological polar surface area (TPSA) is 42.2 Å². The number of halogens is 2. The van der Waals surface area contributed by atoms with Crippen LogP contribution in [-0.4, -0.2) is 5.91 Å². The van der Waals surface area contributed by atoms with Crippen LogP contribution >= 0.6 is 0 Å². The van der Waals surface area contributed by atoms with Crippen LogP contribution < -0.4 is 5.32 Å². The molecule has 0 radical (unpaired) electrons. The van der Waals surface area contributed by atoms with Crippen molar-refractivity contribution in [3.05, 3.63) is 59.1 Å². The van der Waals surface area contributed by atoms with Gasteiger partial charge in [0.15, 0.2) is 0 Å². The van der Waals surface area contributed by atoms with Crippen molar-refractivity contribution in [1.29, 1.82) is 0 Å². The molecule has 3 nitrogen and oxygen atoms in total. The Morgan fingerprint density at radius 3 is 2.50 bits per heavy atom. The van der Waals surface area contributed by atoms with Crippen LogP contribution in [0.3, 0.4) is 0 Å². The predicted molar refractivity (Wildman–Crippen MR) is 61.0 cm³/mol. The summed E-state index contributed by atoms with van der Waals surface area (Å²) in [5.41, 5.74) is 0.772. The molecule has 0 aliphatic rings. The molecule has 1 aromatic carbocycles. The summed E-state index contributed by atoms with van der Waals surface area (Å²) >= 11 is 0. The van der Waals surface area contributed by atoms with E-state index < -0.39 is 11.6 Å². The summed E-state index contributed by atoms with van der Waals surface area (Å²) in [5, 5.41) is 2.56. The number of hydrogen-bond donors (Lipinski definition) is 1. The summed E-state index contributed by atoms with van der Waals surface area (Å²) in [6.45, 7) is 1.72. The average molecular weight is 251 g/mol. The fourth-order valence-electron chi connectivity index (χ4n) is 1.61. The first kappa shape index (κ1) is 12.3. The van der Waals surface area contributed by atoms with Crippen LogP contribution in [0.2, 0.25) is 0 Å². The molecular weight excluding hydrogens is 240 g/mol. The molecule has 1 N–H and O–H groups in total. The highest BCUT2D eigenvalue weighted by Crippen LogP contribution is 2.10. The van der Waals surface area contributed by atoms with Crippen LogP contribution in [0.15, 0.2) is 34.9 Å². The number of carbonyl (C=O) groups is 1. The maximum absolute atomic E-state index is 12.9. The standard InChI is InChI=1S/C13H11F2NO2/c1-8-12(2-3-18-8)13(17)16-7-9-4-10(14)6-11(15)5-9/h2-6H,7H2,1H3,(H,16,17). The summed E-state index contributed by atoms with van der Waals surface area (Å²) in [6.07, 6.45) is 1.41. The number of rotatable bonds is 3. The van der Waals surface area contributed by atoms with Crippen molar-refractivity contribution in [3.8, 4) is 0 Å². The normalized spacial score (nSPS) is 10.4. The molecule has 0 unspecified atom stereocenters. The summed E-state index contributed by atoms with van der Waals surface area (Å²) in [7, 11) is 0. The molecule has 18 heavy (non-hydrogen) atoms. The van der Waals surface area contributed by atoms with E-state index in [0.717, 1.165) is 6.07 Å². The van der Waals surface area contributed by atoms with E-state index >= 15 is 0 Å². The second-order valence-electron chi connectivity index (χ2n) is 3.85. The number of nitrogens with one attached hydrogen (secondary N) is 1. The zero-order valence-corrected chi connectivity index (χ0v) is 9.67. The second kappa shape index (κ2) is 5.00. The highest BCUT2D eigenvalue weighted by Gasteiger charge is 2.11. The van der Waals surface area contributed by atoms with Crippen LogP contribution in [-0.2, 0) is 6.54 Å². The van der Waals surface area contributed by atoms with Gasteiger partial charge in [-0.2, -0.15) is 0 Å². The molecule has 0 atom stereocenters. The summed E-state index contributed by atoms with van der Waals surface area (Å²) in [4.78, 5) is 11.7. The molecule has 0 spiro atoms. The molecule has 0 aliphatic heterocycles. The van der Waals surface area contributed by atoms with Gasteiger partial charge < -0.3 is 9.73 Å². The van der Waals surface area contributed by atoms with Crippen molar-refractivity contribution in [2.45, 2.75) is 13.5 Å². The molecular formula is C13H11F2NO2. The molecule has 1 aromatic heterocycles. The molecule has 0 saturated carbocycles. The van der Waals surface area contributed by atoms with Crippen molar-refractivity contribution in [2.24, 2.45) is 0 Å². The van der Waals surface area contributed by atoms with Crippen molar-refractivity contribution >= 4 is 5.91 Å². The number of aryl methyl sites for hydroxylation is 1. The molecule has 0 fully saturated rings. The summed E-state index contributed by atoms with van der Waals surface area (Å²) in [6, 6.07) is 4.67. The van der Waals surface area contributed by atoms with Gasteiger partial charge in [-0.15, -0.1) is 0 Å². The van der Waals surface area contributed by atoms with Gasteiger partial charge >= 0.3 is 0 Å². The maximum Gasteiger partial charge on any atom is 0.255 e. The molecule has 2 rings (SSSR count). The van der Waals surface area contributed by atoms with Crippen LogP contribution in [0.4, 0.5) is 8.78 Å². The van der Waals surface area contributed by atoms with Gasteiger partial charge in [-0.3, -0.25) is 4.79 Å². The zero-order chi connectivity index (χ0) is 13.1. The fourth-order valence-corrected chi connectivity index (χ4v) is 1.61. The Morgan fingerprint density at radius 1 is 1.28 bits per heavy atom. The number of amides is 1. The fraction of sp³-hybridized carbons (Fsp3) is 0.154. The van der Waals surface area contributed by atoms with Crippen molar-refractivity contribution in [2.75, 3.05) is 0 Å². The lowest BCUT2D eigenvalue weighted by atomic mass is 10.2. The van der Waals surface area contributed by atoms with E-state index in [9.17, 15) is 13.6 Å². The Bertz CT molecular complexity index is 558. The third kappa shape index (κ3) is 2.74. The zero-order valence-electron chi connectivity index (χ0n) is 9.67. The molecule has 0 aliphatic carbocycles. The minimum Gasteiger partial charge on any atom is -0.469 e. The Morgan fingerprint density at radius 2 is 1.94 bits per heavy atom. The van der Waals surface area contributed by atoms with E-state index in [1.54, 1.807) is 6.92 Å². The van der Waals surface area contributed by atoms with Gasteiger partial charge in [0.05, 0.1) is 11.8 Å². The Kier molecular flexibility index (Phi) is 3.41. The van der Waals surface area contributed by atoms with Gasteiger partial charge in [0, 0.05) is 12.6 Å². The van der Waals surface area contributed by atoms with E-state index in [1.807, 2.05) is 0 Å². The quantitative estimate of drug-likeness (QED) is 0.911. The minimum absolute atomic E-state index is 0.0537. The molecule has 1 heterocycles. The summed E-state index contributed by atoms with van der Waals surface area (Å²) < 4.78 is 30.8. The van der Waals surface area contributed by atoms with E-state index in [0.29, 0.717) is 16.9 Å². The van der Waals surface area contributed by atoms with Crippen molar-refractivity contribution in [3.63, 3.8) is 0 Å². The molecule has 5 heteroatoms. The van der Waals surface area contributed by atoms with Gasteiger partial charge in [-0.25, -0.2) is 8.78 Å². The number of carbonyl (C=O) groups excluding carboxylic acids is 1. The molecule has 1 amide bonds. The molecule has 94 valence electrons. The lowest BCUT2D eigenvalue weighted by Crippen LogP contribution is -2.23. The van der Waals surface area contributed by atoms with E-state index in [-0.39, 0.29) is 12.5 Å². The third-order valence-corrected chi connectivity index (χ3v) is 2.48. The summed E-state index contributed by atoms with van der Waals surface area (Å²) in [5.74, 6) is -1.18. The lowest BCUT2D eigenvalue weighted by Gasteiger charge is -2.05. The van der Waals surface area contributed by atoms with Gasteiger partial charge in [-0.1, -0.05) is 0 Å².